The highest BCUT2D eigenvalue weighted by molar-refractivity contribution is 6.01. The minimum absolute atomic E-state index is 0.212. The fraction of sp³-hybridized carbons (Fsp3) is 0.263. The van der Waals surface area contributed by atoms with Crippen LogP contribution in [0.3, 0.4) is 0 Å². The van der Waals surface area contributed by atoms with Gasteiger partial charge in [-0.25, -0.2) is 4.39 Å². The summed E-state index contributed by atoms with van der Waals surface area (Å²) in [6, 6.07) is 12.0. The summed E-state index contributed by atoms with van der Waals surface area (Å²) in [6.07, 6.45) is 1.33. The molecule has 5 nitrogen and oxygen atoms in total. The summed E-state index contributed by atoms with van der Waals surface area (Å²) in [5.41, 5.74) is 0.857. The van der Waals surface area contributed by atoms with Crippen molar-refractivity contribution >= 4 is 17.5 Å². The molecule has 0 aliphatic carbocycles. The topological polar surface area (TPSA) is 58.6 Å². The zero-order valence-electron chi connectivity index (χ0n) is 13.9. The molecular weight excluding hydrogens is 323 g/mol. The number of carbonyl (C=O) groups excluding carboxylic acids is 2. The van der Waals surface area contributed by atoms with E-state index >= 15 is 0 Å². The lowest BCUT2D eigenvalue weighted by molar-refractivity contribution is -0.119. The number of likely N-dealkylation sites (tertiary alicyclic amines) is 1. The van der Waals surface area contributed by atoms with E-state index < -0.39 is 11.9 Å². The van der Waals surface area contributed by atoms with Crippen LogP contribution in [0, 0.1) is 5.82 Å². The Balaban J connectivity index is 1.75. The van der Waals surface area contributed by atoms with E-state index in [2.05, 4.69) is 5.32 Å². The highest BCUT2D eigenvalue weighted by atomic mass is 19.1. The number of nitrogens with one attached hydrogen (secondary N) is 1. The summed E-state index contributed by atoms with van der Waals surface area (Å²) in [6.45, 7) is 0.511. The van der Waals surface area contributed by atoms with Crippen molar-refractivity contribution in [1.82, 2.24) is 4.90 Å². The van der Waals surface area contributed by atoms with E-state index in [-0.39, 0.29) is 11.8 Å². The summed E-state index contributed by atoms with van der Waals surface area (Å²) in [5, 5.41) is 2.69. The van der Waals surface area contributed by atoms with Crippen LogP contribution < -0.4 is 10.1 Å². The van der Waals surface area contributed by atoms with Crippen LogP contribution in [0.25, 0.3) is 0 Å². The smallest absolute Gasteiger partial charge is 0.254 e. The molecule has 1 aliphatic rings. The SMILES string of the molecule is COc1cccc(C(=O)N2CCC[C@@H]2C(=O)Nc2cccc(F)c2)c1. The first-order chi connectivity index (χ1) is 12.1. The largest absolute Gasteiger partial charge is 0.497 e. The molecule has 130 valence electrons. The quantitative estimate of drug-likeness (QED) is 0.929. The van der Waals surface area contributed by atoms with Crippen LogP contribution in [0.1, 0.15) is 23.2 Å². The van der Waals surface area contributed by atoms with Crippen molar-refractivity contribution < 1.29 is 18.7 Å². The van der Waals surface area contributed by atoms with E-state index in [0.717, 1.165) is 6.42 Å². The zero-order valence-corrected chi connectivity index (χ0v) is 13.9. The van der Waals surface area contributed by atoms with Gasteiger partial charge < -0.3 is 15.0 Å². The van der Waals surface area contributed by atoms with Crippen molar-refractivity contribution in [3.8, 4) is 5.75 Å². The first-order valence-corrected chi connectivity index (χ1v) is 8.10. The van der Waals surface area contributed by atoms with Gasteiger partial charge in [0.15, 0.2) is 0 Å². The van der Waals surface area contributed by atoms with Gasteiger partial charge in [0.25, 0.3) is 5.91 Å². The zero-order chi connectivity index (χ0) is 17.8. The maximum atomic E-state index is 13.3. The van der Waals surface area contributed by atoms with Crippen LogP contribution in [-0.2, 0) is 4.79 Å². The second-order valence-electron chi connectivity index (χ2n) is 5.89. The number of hydrogen-bond acceptors (Lipinski definition) is 3. The average Bonchev–Trinajstić information content (AvgIpc) is 3.11. The number of halogens is 1. The lowest BCUT2D eigenvalue weighted by Gasteiger charge is -2.24. The molecule has 0 saturated carbocycles. The Morgan fingerprint density at radius 2 is 2.00 bits per heavy atom. The van der Waals surface area contributed by atoms with Crippen molar-refractivity contribution in [2.24, 2.45) is 0 Å². The number of methoxy groups -OCH3 is 1. The first kappa shape index (κ1) is 17.0. The molecule has 0 bridgehead atoms. The van der Waals surface area contributed by atoms with Crippen LogP contribution in [0.15, 0.2) is 48.5 Å². The molecule has 2 aromatic carbocycles. The summed E-state index contributed by atoms with van der Waals surface area (Å²) >= 11 is 0. The third kappa shape index (κ3) is 3.79. The number of carbonyl (C=O) groups is 2. The molecule has 0 radical (unpaired) electrons. The average molecular weight is 342 g/mol. The van der Waals surface area contributed by atoms with Gasteiger partial charge in [-0.05, 0) is 49.2 Å². The molecule has 6 heteroatoms. The van der Waals surface area contributed by atoms with Crippen molar-refractivity contribution in [3.63, 3.8) is 0 Å². The number of nitrogens with zero attached hydrogens (tertiary/aromatic N) is 1. The Labute approximate surface area is 145 Å². The monoisotopic (exact) mass is 342 g/mol. The summed E-state index contributed by atoms with van der Waals surface area (Å²) < 4.78 is 18.4. The molecule has 3 rings (SSSR count). The fourth-order valence-corrected chi connectivity index (χ4v) is 3.00. The molecule has 1 aliphatic heterocycles. The van der Waals surface area contributed by atoms with Crippen molar-refractivity contribution in [3.05, 3.63) is 59.9 Å². The van der Waals surface area contributed by atoms with E-state index in [0.29, 0.717) is 30.0 Å². The fourth-order valence-electron chi connectivity index (χ4n) is 3.00. The normalized spacial score (nSPS) is 16.6. The van der Waals surface area contributed by atoms with Crippen LogP contribution in [-0.4, -0.2) is 36.4 Å². The number of anilines is 1. The molecule has 1 fully saturated rings. The molecule has 0 spiro atoms. The van der Waals surface area contributed by atoms with Gasteiger partial charge >= 0.3 is 0 Å². The highest BCUT2D eigenvalue weighted by Gasteiger charge is 2.34. The van der Waals surface area contributed by atoms with Gasteiger partial charge in [-0.2, -0.15) is 0 Å². The molecule has 1 atom stereocenters. The van der Waals surface area contributed by atoms with Gasteiger partial charge in [0.2, 0.25) is 5.91 Å². The predicted octanol–water partition coefficient (Wildman–Crippen LogP) is 3.08. The Kier molecular flexibility index (Phi) is 4.97. The van der Waals surface area contributed by atoms with E-state index in [1.165, 1.54) is 25.3 Å². The summed E-state index contributed by atoms with van der Waals surface area (Å²) in [7, 11) is 1.54. The number of ether oxygens (including phenoxy) is 1. The van der Waals surface area contributed by atoms with Gasteiger partial charge in [0.1, 0.15) is 17.6 Å². The predicted molar refractivity (Wildman–Crippen MR) is 92.1 cm³/mol. The maximum Gasteiger partial charge on any atom is 0.254 e. The van der Waals surface area contributed by atoms with Gasteiger partial charge in [-0.3, -0.25) is 9.59 Å². The molecule has 1 N–H and O–H groups in total. The first-order valence-electron chi connectivity index (χ1n) is 8.10. The van der Waals surface area contributed by atoms with Crippen molar-refractivity contribution in [1.29, 1.82) is 0 Å². The van der Waals surface area contributed by atoms with E-state index in [1.807, 2.05) is 0 Å². The Morgan fingerprint density at radius 1 is 1.20 bits per heavy atom. The molecule has 2 amide bonds. The van der Waals surface area contributed by atoms with Crippen LogP contribution >= 0.6 is 0 Å². The molecule has 1 heterocycles. The highest BCUT2D eigenvalue weighted by Crippen LogP contribution is 2.23. The van der Waals surface area contributed by atoms with Crippen LogP contribution in [0.5, 0.6) is 5.75 Å². The summed E-state index contributed by atoms with van der Waals surface area (Å²) in [5.74, 6) is -0.352. The Bertz CT molecular complexity index is 794. The van der Waals surface area contributed by atoms with Gasteiger partial charge in [0.05, 0.1) is 7.11 Å². The molecule has 25 heavy (non-hydrogen) atoms. The van der Waals surface area contributed by atoms with Crippen molar-refractivity contribution in [2.75, 3.05) is 19.0 Å². The Morgan fingerprint density at radius 3 is 2.76 bits per heavy atom. The van der Waals surface area contributed by atoms with E-state index in [9.17, 15) is 14.0 Å². The van der Waals surface area contributed by atoms with Gasteiger partial charge in [-0.1, -0.05) is 12.1 Å². The molecule has 1 saturated heterocycles. The summed E-state index contributed by atoms with van der Waals surface area (Å²) in [4.78, 5) is 26.9. The number of benzene rings is 2. The third-order valence-corrected chi connectivity index (χ3v) is 4.23. The minimum atomic E-state index is -0.568. The number of hydrogen-bond donors (Lipinski definition) is 1. The van der Waals surface area contributed by atoms with Gasteiger partial charge in [-0.15, -0.1) is 0 Å². The Hall–Kier alpha value is -2.89. The van der Waals surface area contributed by atoms with E-state index in [1.54, 1.807) is 35.2 Å². The standard InChI is InChI=1S/C19H19FN2O3/c1-25-16-8-2-5-13(11-16)19(24)22-10-4-9-17(22)18(23)21-15-7-3-6-14(20)12-15/h2-3,5-8,11-12,17H,4,9-10H2,1H3,(H,21,23)/t17-/m1/s1. The number of rotatable bonds is 4. The number of amides is 2. The third-order valence-electron chi connectivity index (χ3n) is 4.23. The lowest BCUT2D eigenvalue weighted by atomic mass is 10.1. The van der Waals surface area contributed by atoms with Crippen LogP contribution in [0.2, 0.25) is 0 Å². The van der Waals surface area contributed by atoms with Crippen LogP contribution in [0.4, 0.5) is 10.1 Å². The lowest BCUT2D eigenvalue weighted by Crippen LogP contribution is -2.43. The minimum Gasteiger partial charge on any atom is -0.497 e. The van der Waals surface area contributed by atoms with Crippen molar-refractivity contribution in [2.45, 2.75) is 18.9 Å². The van der Waals surface area contributed by atoms with Gasteiger partial charge in [0, 0.05) is 17.8 Å². The second kappa shape index (κ2) is 7.34. The molecule has 0 aromatic heterocycles. The molecule has 2 aromatic rings. The second-order valence-corrected chi connectivity index (χ2v) is 5.89. The molecular formula is C19H19FN2O3. The maximum absolute atomic E-state index is 13.3. The molecule has 0 unspecified atom stereocenters. The van der Waals surface area contributed by atoms with E-state index in [4.69, 9.17) is 4.74 Å².